The van der Waals surface area contributed by atoms with Gasteiger partial charge in [-0.25, -0.2) is 4.68 Å². The molecule has 0 aliphatic carbocycles. The van der Waals surface area contributed by atoms with Gasteiger partial charge in [-0.2, -0.15) is 10.1 Å². The molecular weight excluding hydrogens is 380 g/mol. The molecule has 0 unspecified atom stereocenters. The predicted molar refractivity (Wildman–Crippen MR) is 116 cm³/mol. The van der Waals surface area contributed by atoms with Crippen LogP contribution in [0.1, 0.15) is 29.3 Å². The first-order chi connectivity index (χ1) is 14.7. The quantitative estimate of drug-likeness (QED) is 0.441. The minimum absolute atomic E-state index is 0.0987. The Labute approximate surface area is 173 Å². The van der Waals surface area contributed by atoms with Crippen LogP contribution in [0.4, 0.5) is 5.95 Å². The fourth-order valence-corrected chi connectivity index (χ4v) is 3.11. The number of para-hydroxylation sites is 1. The second kappa shape index (κ2) is 8.60. The Balaban J connectivity index is 1.56. The summed E-state index contributed by atoms with van der Waals surface area (Å²) in [5.74, 6) is 0.240. The molecule has 8 nitrogen and oxygen atoms in total. The summed E-state index contributed by atoms with van der Waals surface area (Å²) in [6.45, 7) is 3.05. The largest absolute Gasteiger partial charge is 0.352 e. The molecule has 3 N–H and O–H groups in total. The van der Waals surface area contributed by atoms with Crippen LogP contribution in [0.25, 0.3) is 16.7 Å². The standard InChI is InChI=1S/C22H22N6O2/c1-2-11-23-20(29)16-8-6-7-15(12-16)13-24-22-26-19-18(21(30)27-22)14-25-28(19)17-9-4-3-5-10-17/h3-10,12,14H,2,11,13H2,1H3,(H,23,29)(H2,24,26,27,30). The third-order valence-electron chi connectivity index (χ3n) is 4.62. The number of carbonyl (C=O) groups excluding carboxylic acids is 1. The van der Waals surface area contributed by atoms with Crippen molar-refractivity contribution in [3.05, 3.63) is 82.3 Å². The molecule has 0 radical (unpaired) electrons. The molecule has 0 bridgehead atoms. The van der Waals surface area contributed by atoms with Gasteiger partial charge in [0.05, 0.1) is 11.9 Å². The summed E-state index contributed by atoms with van der Waals surface area (Å²) in [5.41, 5.74) is 2.53. The van der Waals surface area contributed by atoms with Gasteiger partial charge >= 0.3 is 0 Å². The van der Waals surface area contributed by atoms with Gasteiger partial charge in [0.25, 0.3) is 11.5 Å². The second-order valence-corrected chi connectivity index (χ2v) is 6.85. The average molecular weight is 402 g/mol. The van der Waals surface area contributed by atoms with Gasteiger partial charge in [0.2, 0.25) is 5.95 Å². The number of aromatic amines is 1. The summed E-state index contributed by atoms with van der Waals surface area (Å²) in [6, 6.07) is 16.9. The molecule has 2 heterocycles. The normalized spacial score (nSPS) is 10.8. The van der Waals surface area contributed by atoms with Crippen molar-refractivity contribution in [3.8, 4) is 5.69 Å². The molecule has 1 amide bonds. The highest BCUT2D eigenvalue weighted by molar-refractivity contribution is 5.94. The summed E-state index contributed by atoms with van der Waals surface area (Å²) < 4.78 is 1.63. The topological polar surface area (TPSA) is 105 Å². The minimum atomic E-state index is -0.266. The fourth-order valence-electron chi connectivity index (χ4n) is 3.11. The van der Waals surface area contributed by atoms with E-state index >= 15 is 0 Å². The van der Waals surface area contributed by atoms with Crippen LogP contribution in [-0.4, -0.2) is 32.2 Å². The maximum atomic E-state index is 12.5. The highest BCUT2D eigenvalue weighted by Crippen LogP contribution is 2.15. The number of hydrogen-bond acceptors (Lipinski definition) is 5. The molecule has 2 aromatic heterocycles. The summed E-state index contributed by atoms with van der Waals surface area (Å²) in [7, 11) is 0. The number of carbonyl (C=O) groups is 1. The lowest BCUT2D eigenvalue weighted by atomic mass is 10.1. The molecule has 4 rings (SSSR count). The first kappa shape index (κ1) is 19.4. The van der Waals surface area contributed by atoms with E-state index in [-0.39, 0.29) is 11.5 Å². The van der Waals surface area contributed by atoms with Crippen LogP contribution >= 0.6 is 0 Å². The molecule has 0 aliphatic rings. The molecule has 0 fully saturated rings. The van der Waals surface area contributed by atoms with Gasteiger partial charge in [-0.15, -0.1) is 0 Å². The minimum Gasteiger partial charge on any atom is -0.352 e. The number of nitrogens with zero attached hydrogens (tertiary/aromatic N) is 3. The van der Waals surface area contributed by atoms with Gasteiger partial charge < -0.3 is 10.6 Å². The van der Waals surface area contributed by atoms with Crippen molar-refractivity contribution in [1.29, 1.82) is 0 Å². The highest BCUT2D eigenvalue weighted by atomic mass is 16.1. The Morgan fingerprint density at radius 1 is 1.13 bits per heavy atom. The van der Waals surface area contributed by atoms with Crippen molar-refractivity contribution in [2.45, 2.75) is 19.9 Å². The van der Waals surface area contributed by atoms with Crippen LogP contribution < -0.4 is 16.2 Å². The lowest BCUT2D eigenvalue weighted by Gasteiger charge is -2.09. The third kappa shape index (κ3) is 4.07. The van der Waals surface area contributed by atoms with E-state index in [0.29, 0.717) is 35.6 Å². The smallest absolute Gasteiger partial charge is 0.263 e. The Morgan fingerprint density at radius 3 is 2.77 bits per heavy atom. The third-order valence-corrected chi connectivity index (χ3v) is 4.62. The summed E-state index contributed by atoms with van der Waals surface area (Å²) in [4.78, 5) is 31.9. The lowest BCUT2D eigenvalue weighted by molar-refractivity contribution is 0.0953. The number of aromatic nitrogens is 4. The number of anilines is 1. The summed E-state index contributed by atoms with van der Waals surface area (Å²) >= 11 is 0. The van der Waals surface area contributed by atoms with E-state index in [9.17, 15) is 9.59 Å². The Hall–Kier alpha value is -3.94. The highest BCUT2D eigenvalue weighted by Gasteiger charge is 2.12. The fraction of sp³-hybridized carbons (Fsp3) is 0.182. The van der Waals surface area contributed by atoms with Gasteiger partial charge in [0, 0.05) is 18.7 Å². The van der Waals surface area contributed by atoms with Crippen molar-refractivity contribution >= 4 is 22.9 Å². The van der Waals surface area contributed by atoms with E-state index < -0.39 is 0 Å². The molecule has 8 heteroatoms. The molecule has 0 atom stereocenters. The van der Waals surface area contributed by atoms with Gasteiger partial charge in [-0.1, -0.05) is 37.3 Å². The van der Waals surface area contributed by atoms with Crippen LogP contribution in [0.5, 0.6) is 0 Å². The Bertz CT molecular complexity index is 1230. The van der Waals surface area contributed by atoms with Crippen LogP contribution in [0.15, 0.2) is 65.6 Å². The monoisotopic (exact) mass is 402 g/mol. The molecule has 4 aromatic rings. The summed E-state index contributed by atoms with van der Waals surface area (Å²) in [6.07, 6.45) is 2.39. The Morgan fingerprint density at radius 2 is 1.97 bits per heavy atom. The van der Waals surface area contributed by atoms with Crippen molar-refractivity contribution in [2.24, 2.45) is 0 Å². The number of fused-ring (bicyclic) bond motifs is 1. The van der Waals surface area contributed by atoms with Crippen LogP contribution in [0.2, 0.25) is 0 Å². The molecule has 2 aromatic carbocycles. The van der Waals surface area contributed by atoms with Gasteiger partial charge in [0.1, 0.15) is 5.39 Å². The van der Waals surface area contributed by atoms with Crippen molar-refractivity contribution in [3.63, 3.8) is 0 Å². The molecular formula is C22H22N6O2. The Kier molecular flexibility index (Phi) is 5.56. The van der Waals surface area contributed by atoms with E-state index in [0.717, 1.165) is 17.7 Å². The number of benzene rings is 2. The maximum absolute atomic E-state index is 12.5. The molecule has 0 aliphatic heterocycles. The van der Waals surface area contributed by atoms with Gasteiger partial charge in [-0.05, 0) is 36.2 Å². The number of rotatable bonds is 7. The van der Waals surface area contributed by atoms with Crippen LogP contribution in [0, 0.1) is 0 Å². The molecule has 152 valence electrons. The van der Waals surface area contributed by atoms with E-state index in [1.54, 1.807) is 10.7 Å². The molecule has 30 heavy (non-hydrogen) atoms. The second-order valence-electron chi connectivity index (χ2n) is 6.85. The molecule has 0 saturated heterocycles. The van der Waals surface area contributed by atoms with E-state index in [1.807, 2.05) is 55.5 Å². The number of H-pyrrole nitrogens is 1. The first-order valence-electron chi connectivity index (χ1n) is 9.80. The SMILES string of the molecule is CCCNC(=O)c1cccc(CNc2nc3c(cnn3-c3ccccc3)c(=O)[nH]2)c1. The van der Waals surface area contributed by atoms with Gasteiger partial charge in [0.15, 0.2) is 5.65 Å². The number of amides is 1. The van der Waals surface area contributed by atoms with E-state index in [1.165, 1.54) is 6.20 Å². The zero-order valence-electron chi connectivity index (χ0n) is 16.6. The van der Waals surface area contributed by atoms with Crippen molar-refractivity contribution in [2.75, 3.05) is 11.9 Å². The first-order valence-corrected chi connectivity index (χ1v) is 9.80. The summed E-state index contributed by atoms with van der Waals surface area (Å²) in [5, 5.41) is 10.7. The van der Waals surface area contributed by atoms with Gasteiger partial charge in [-0.3, -0.25) is 14.6 Å². The van der Waals surface area contributed by atoms with Crippen molar-refractivity contribution in [1.82, 2.24) is 25.1 Å². The molecule has 0 saturated carbocycles. The van der Waals surface area contributed by atoms with E-state index in [2.05, 4.69) is 25.7 Å². The zero-order valence-corrected chi connectivity index (χ0v) is 16.6. The zero-order chi connectivity index (χ0) is 20.9. The van der Waals surface area contributed by atoms with Crippen LogP contribution in [0.3, 0.4) is 0 Å². The molecule has 0 spiro atoms. The van der Waals surface area contributed by atoms with Crippen LogP contribution in [-0.2, 0) is 6.54 Å². The predicted octanol–water partition coefficient (Wildman–Crippen LogP) is 2.86. The maximum Gasteiger partial charge on any atom is 0.263 e. The van der Waals surface area contributed by atoms with Crippen molar-refractivity contribution < 1.29 is 4.79 Å². The number of hydrogen-bond donors (Lipinski definition) is 3. The average Bonchev–Trinajstić information content (AvgIpc) is 3.21. The lowest BCUT2D eigenvalue weighted by Crippen LogP contribution is -2.24. The number of nitrogens with one attached hydrogen (secondary N) is 3. The van der Waals surface area contributed by atoms with E-state index in [4.69, 9.17) is 0 Å².